The lowest BCUT2D eigenvalue weighted by Gasteiger charge is -2.30. The highest BCUT2D eigenvalue weighted by molar-refractivity contribution is 5.98. The first kappa shape index (κ1) is 18.5. The molecule has 6 nitrogen and oxygen atoms in total. The summed E-state index contributed by atoms with van der Waals surface area (Å²) in [6, 6.07) is 16.8. The molecule has 1 aliphatic heterocycles. The van der Waals surface area contributed by atoms with Gasteiger partial charge in [-0.25, -0.2) is 0 Å². The largest absolute Gasteiger partial charge is 0.497 e. The van der Waals surface area contributed by atoms with Crippen molar-refractivity contribution in [3.63, 3.8) is 0 Å². The summed E-state index contributed by atoms with van der Waals surface area (Å²) in [7, 11) is 1.61. The van der Waals surface area contributed by atoms with E-state index in [1.165, 1.54) is 0 Å². The number of hydrogen-bond acceptors (Lipinski definition) is 5. The summed E-state index contributed by atoms with van der Waals surface area (Å²) < 4.78 is 11.2. The normalized spacial score (nSPS) is 12.5. The van der Waals surface area contributed by atoms with E-state index in [1.54, 1.807) is 36.5 Å². The molecule has 2 heterocycles. The van der Waals surface area contributed by atoms with Crippen molar-refractivity contribution in [1.82, 2.24) is 4.98 Å². The zero-order valence-electron chi connectivity index (χ0n) is 16.0. The number of benzene rings is 2. The van der Waals surface area contributed by atoms with Crippen LogP contribution < -0.4 is 14.4 Å². The van der Waals surface area contributed by atoms with Crippen LogP contribution >= 0.6 is 0 Å². The molecule has 3 aromatic rings. The standard InChI is InChI=1S/C23H19N3O3/c1-28-19-4-2-3-17(11-19)12-22(27)26-9-10-29-23-20(14-25-15-21(23)26)18-7-5-16(13-24)6-8-18/h2-8,11,14-15H,9-10,12H2,1H3. The van der Waals surface area contributed by atoms with Crippen molar-refractivity contribution in [2.75, 3.05) is 25.2 Å². The molecule has 0 unspecified atom stereocenters. The summed E-state index contributed by atoms with van der Waals surface area (Å²) in [6.07, 6.45) is 3.64. The Morgan fingerprint density at radius 2 is 2.07 bits per heavy atom. The summed E-state index contributed by atoms with van der Waals surface area (Å²) in [6.45, 7) is 0.873. The SMILES string of the molecule is COc1cccc(CC(=O)N2CCOc3c(-c4ccc(C#N)cc4)cncc32)c1. The third-order valence-electron chi connectivity index (χ3n) is 4.85. The number of anilines is 1. The number of methoxy groups -OCH3 is 1. The molecule has 29 heavy (non-hydrogen) atoms. The van der Waals surface area contributed by atoms with Crippen LogP contribution in [-0.4, -0.2) is 31.2 Å². The Morgan fingerprint density at radius 1 is 1.24 bits per heavy atom. The van der Waals surface area contributed by atoms with Crippen molar-refractivity contribution < 1.29 is 14.3 Å². The van der Waals surface area contributed by atoms with Crippen LogP contribution in [0.3, 0.4) is 0 Å². The van der Waals surface area contributed by atoms with Crippen LogP contribution in [-0.2, 0) is 11.2 Å². The first-order valence-corrected chi connectivity index (χ1v) is 9.24. The van der Waals surface area contributed by atoms with E-state index in [9.17, 15) is 4.79 Å². The summed E-state index contributed by atoms with van der Waals surface area (Å²) >= 11 is 0. The molecule has 144 valence electrons. The Labute approximate surface area is 168 Å². The van der Waals surface area contributed by atoms with Crippen LogP contribution in [0, 0.1) is 11.3 Å². The molecule has 0 bridgehead atoms. The minimum atomic E-state index is -0.0263. The molecule has 2 aromatic carbocycles. The van der Waals surface area contributed by atoms with Gasteiger partial charge >= 0.3 is 0 Å². The molecule has 0 saturated carbocycles. The molecule has 1 amide bonds. The maximum absolute atomic E-state index is 13.0. The lowest BCUT2D eigenvalue weighted by molar-refractivity contribution is -0.118. The first-order chi connectivity index (χ1) is 14.2. The summed E-state index contributed by atoms with van der Waals surface area (Å²) in [4.78, 5) is 19.1. The number of nitrogens with zero attached hydrogens (tertiary/aromatic N) is 3. The van der Waals surface area contributed by atoms with Crippen LogP contribution in [0.2, 0.25) is 0 Å². The second-order valence-electron chi connectivity index (χ2n) is 6.65. The smallest absolute Gasteiger partial charge is 0.231 e. The summed E-state index contributed by atoms with van der Waals surface area (Å²) in [5, 5.41) is 9.00. The zero-order chi connectivity index (χ0) is 20.2. The Kier molecular flexibility index (Phi) is 5.12. The van der Waals surface area contributed by atoms with E-state index < -0.39 is 0 Å². The van der Waals surface area contributed by atoms with Gasteiger partial charge in [0.25, 0.3) is 0 Å². The lowest BCUT2D eigenvalue weighted by Crippen LogP contribution is -2.39. The second kappa shape index (κ2) is 8.03. The number of carbonyl (C=O) groups is 1. The van der Waals surface area contributed by atoms with Gasteiger partial charge in [-0.1, -0.05) is 24.3 Å². The quantitative estimate of drug-likeness (QED) is 0.686. The van der Waals surface area contributed by atoms with Crippen molar-refractivity contribution in [3.05, 3.63) is 72.1 Å². The van der Waals surface area contributed by atoms with Crippen LogP contribution in [0.15, 0.2) is 60.9 Å². The van der Waals surface area contributed by atoms with Crippen LogP contribution in [0.25, 0.3) is 11.1 Å². The van der Waals surface area contributed by atoms with E-state index in [4.69, 9.17) is 14.7 Å². The van der Waals surface area contributed by atoms with Gasteiger partial charge in [-0.3, -0.25) is 9.78 Å². The number of ether oxygens (including phenoxy) is 2. The number of rotatable bonds is 4. The van der Waals surface area contributed by atoms with Gasteiger partial charge in [-0.15, -0.1) is 0 Å². The number of amides is 1. The van der Waals surface area contributed by atoms with E-state index in [2.05, 4.69) is 11.1 Å². The van der Waals surface area contributed by atoms with Crippen molar-refractivity contribution in [3.8, 4) is 28.7 Å². The van der Waals surface area contributed by atoms with E-state index in [0.29, 0.717) is 30.2 Å². The minimum Gasteiger partial charge on any atom is -0.497 e. The predicted molar refractivity (Wildman–Crippen MR) is 109 cm³/mol. The molecule has 0 fully saturated rings. The van der Waals surface area contributed by atoms with Crippen molar-refractivity contribution in [1.29, 1.82) is 5.26 Å². The monoisotopic (exact) mass is 385 g/mol. The fourth-order valence-corrected chi connectivity index (χ4v) is 3.38. The topological polar surface area (TPSA) is 75.4 Å². The van der Waals surface area contributed by atoms with Gasteiger partial charge in [0.2, 0.25) is 5.91 Å². The van der Waals surface area contributed by atoms with E-state index in [0.717, 1.165) is 22.4 Å². The molecule has 0 spiro atoms. The molecular weight excluding hydrogens is 366 g/mol. The number of aromatic nitrogens is 1. The van der Waals surface area contributed by atoms with Crippen molar-refractivity contribution in [2.24, 2.45) is 0 Å². The fourth-order valence-electron chi connectivity index (χ4n) is 3.38. The van der Waals surface area contributed by atoms with Gasteiger partial charge < -0.3 is 14.4 Å². The van der Waals surface area contributed by atoms with Crippen LogP contribution in [0.1, 0.15) is 11.1 Å². The van der Waals surface area contributed by atoms with E-state index in [1.807, 2.05) is 36.4 Å². The minimum absolute atomic E-state index is 0.0263. The van der Waals surface area contributed by atoms with Crippen LogP contribution in [0.4, 0.5) is 5.69 Å². The first-order valence-electron chi connectivity index (χ1n) is 9.24. The Balaban J connectivity index is 1.64. The van der Waals surface area contributed by atoms with Gasteiger partial charge in [0.15, 0.2) is 5.75 Å². The Hall–Kier alpha value is -3.85. The fraction of sp³-hybridized carbons (Fsp3) is 0.174. The molecule has 6 heteroatoms. The Bertz CT molecular complexity index is 1090. The molecule has 1 aliphatic rings. The average Bonchev–Trinajstić information content (AvgIpc) is 2.78. The molecule has 0 atom stereocenters. The number of carbonyl (C=O) groups excluding carboxylic acids is 1. The van der Waals surface area contributed by atoms with Gasteiger partial charge in [0.05, 0.1) is 37.9 Å². The summed E-state index contributed by atoms with van der Waals surface area (Å²) in [5.41, 5.74) is 3.81. The van der Waals surface area contributed by atoms with Gasteiger partial charge in [-0.2, -0.15) is 5.26 Å². The molecule has 0 aliphatic carbocycles. The van der Waals surface area contributed by atoms with Gasteiger partial charge in [0.1, 0.15) is 18.0 Å². The van der Waals surface area contributed by atoms with E-state index in [-0.39, 0.29) is 12.3 Å². The number of hydrogen-bond donors (Lipinski definition) is 0. The number of nitriles is 1. The molecule has 0 N–H and O–H groups in total. The predicted octanol–water partition coefficient (Wildman–Crippen LogP) is 3.60. The van der Waals surface area contributed by atoms with E-state index >= 15 is 0 Å². The molecular formula is C23H19N3O3. The maximum Gasteiger partial charge on any atom is 0.231 e. The summed E-state index contributed by atoms with van der Waals surface area (Å²) in [5.74, 6) is 1.33. The highest BCUT2D eigenvalue weighted by Gasteiger charge is 2.26. The number of fused-ring (bicyclic) bond motifs is 1. The third-order valence-corrected chi connectivity index (χ3v) is 4.85. The van der Waals surface area contributed by atoms with Crippen molar-refractivity contribution in [2.45, 2.75) is 6.42 Å². The highest BCUT2D eigenvalue weighted by atomic mass is 16.5. The number of pyridine rings is 1. The molecule has 0 saturated heterocycles. The molecule has 1 aromatic heterocycles. The van der Waals surface area contributed by atoms with Gasteiger partial charge in [0, 0.05) is 11.8 Å². The zero-order valence-corrected chi connectivity index (χ0v) is 16.0. The van der Waals surface area contributed by atoms with Crippen LogP contribution in [0.5, 0.6) is 11.5 Å². The molecule has 0 radical (unpaired) electrons. The average molecular weight is 385 g/mol. The second-order valence-corrected chi connectivity index (χ2v) is 6.65. The highest BCUT2D eigenvalue weighted by Crippen LogP contribution is 2.40. The Morgan fingerprint density at radius 3 is 2.83 bits per heavy atom. The van der Waals surface area contributed by atoms with Crippen molar-refractivity contribution >= 4 is 11.6 Å². The lowest BCUT2D eigenvalue weighted by atomic mass is 10.0. The van der Waals surface area contributed by atoms with Gasteiger partial charge in [-0.05, 0) is 35.4 Å². The molecule has 4 rings (SSSR count). The third kappa shape index (κ3) is 3.76. The maximum atomic E-state index is 13.0.